The van der Waals surface area contributed by atoms with E-state index in [0.717, 1.165) is 4.90 Å². The third-order valence-corrected chi connectivity index (χ3v) is 5.27. The SMILES string of the molecule is CC1(c2ccccc2)NC(=O)N(CC(=O)Nc2cccc(C(=O)Nc3ccncc3)c2)C1=O. The molecule has 0 aliphatic carbocycles. The molecule has 1 saturated heterocycles. The number of benzene rings is 2. The molecule has 3 aromatic rings. The summed E-state index contributed by atoms with van der Waals surface area (Å²) in [7, 11) is 0. The first-order chi connectivity index (χ1) is 15.9. The van der Waals surface area contributed by atoms with E-state index in [1.165, 1.54) is 6.07 Å². The molecule has 166 valence electrons. The number of aromatic nitrogens is 1. The van der Waals surface area contributed by atoms with Gasteiger partial charge in [-0.2, -0.15) is 0 Å². The summed E-state index contributed by atoms with van der Waals surface area (Å²) >= 11 is 0. The molecule has 1 aliphatic rings. The Morgan fingerprint density at radius 1 is 0.939 bits per heavy atom. The number of imide groups is 1. The van der Waals surface area contributed by atoms with Crippen LogP contribution in [0.1, 0.15) is 22.8 Å². The van der Waals surface area contributed by atoms with E-state index in [4.69, 9.17) is 0 Å². The van der Waals surface area contributed by atoms with Crippen LogP contribution < -0.4 is 16.0 Å². The summed E-state index contributed by atoms with van der Waals surface area (Å²) in [6.45, 7) is 1.14. The van der Waals surface area contributed by atoms with Gasteiger partial charge in [-0.3, -0.25) is 24.3 Å². The summed E-state index contributed by atoms with van der Waals surface area (Å²) in [5.74, 6) is -1.44. The van der Waals surface area contributed by atoms with Gasteiger partial charge in [0.05, 0.1) is 0 Å². The smallest absolute Gasteiger partial charge is 0.325 e. The molecule has 5 amide bonds. The number of carbonyl (C=O) groups excluding carboxylic acids is 4. The van der Waals surface area contributed by atoms with Crippen LogP contribution in [0.3, 0.4) is 0 Å². The van der Waals surface area contributed by atoms with E-state index < -0.39 is 29.9 Å². The minimum atomic E-state index is -1.25. The fraction of sp³-hybridized carbons (Fsp3) is 0.125. The van der Waals surface area contributed by atoms with Crippen molar-refractivity contribution in [3.63, 3.8) is 0 Å². The van der Waals surface area contributed by atoms with Crippen molar-refractivity contribution in [1.82, 2.24) is 15.2 Å². The van der Waals surface area contributed by atoms with Gasteiger partial charge < -0.3 is 16.0 Å². The standard InChI is InChI=1S/C24H21N5O4/c1-24(17-7-3-2-4-8-17)22(32)29(23(33)28-24)15-20(30)26-19-9-5-6-16(14-19)21(31)27-18-10-12-25-13-11-18/h2-14H,15H2,1H3,(H,26,30)(H,28,33)(H,25,27,31). The van der Waals surface area contributed by atoms with Gasteiger partial charge in [-0.25, -0.2) is 4.79 Å². The second-order valence-electron chi connectivity index (χ2n) is 7.63. The molecule has 33 heavy (non-hydrogen) atoms. The summed E-state index contributed by atoms with van der Waals surface area (Å²) in [4.78, 5) is 55.2. The van der Waals surface area contributed by atoms with Crippen molar-refractivity contribution in [2.75, 3.05) is 17.2 Å². The van der Waals surface area contributed by atoms with Gasteiger partial charge in [0.1, 0.15) is 12.1 Å². The minimum Gasteiger partial charge on any atom is -0.325 e. The number of carbonyl (C=O) groups is 4. The number of nitrogens with zero attached hydrogens (tertiary/aromatic N) is 2. The summed E-state index contributed by atoms with van der Waals surface area (Å²) in [6.07, 6.45) is 3.12. The highest BCUT2D eigenvalue weighted by atomic mass is 16.2. The van der Waals surface area contributed by atoms with E-state index in [1.807, 2.05) is 6.07 Å². The van der Waals surface area contributed by atoms with Gasteiger partial charge in [-0.05, 0) is 42.8 Å². The highest BCUT2D eigenvalue weighted by molar-refractivity contribution is 6.10. The summed E-state index contributed by atoms with van der Waals surface area (Å²) in [5, 5.41) is 8.03. The number of amides is 5. The van der Waals surface area contributed by atoms with Gasteiger partial charge in [0, 0.05) is 29.3 Å². The zero-order valence-corrected chi connectivity index (χ0v) is 17.7. The molecule has 1 fully saturated rings. The van der Waals surface area contributed by atoms with E-state index in [-0.39, 0.29) is 5.91 Å². The zero-order valence-electron chi connectivity index (χ0n) is 17.7. The molecule has 0 bridgehead atoms. The molecule has 4 rings (SSSR count). The molecule has 2 heterocycles. The monoisotopic (exact) mass is 443 g/mol. The topological polar surface area (TPSA) is 120 Å². The van der Waals surface area contributed by atoms with E-state index in [2.05, 4.69) is 20.9 Å². The maximum absolute atomic E-state index is 12.9. The van der Waals surface area contributed by atoms with E-state index in [0.29, 0.717) is 22.5 Å². The largest absolute Gasteiger partial charge is 0.325 e. The Balaban J connectivity index is 1.42. The van der Waals surface area contributed by atoms with Crippen LogP contribution in [0.2, 0.25) is 0 Å². The van der Waals surface area contributed by atoms with Gasteiger partial charge in [0.25, 0.3) is 11.8 Å². The molecule has 1 aliphatic heterocycles. The summed E-state index contributed by atoms with van der Waals surface area (Å²) in [5.41, 5.74) is 0.656. The lowest BCUT2D eigenvalue weighted by molar-refractivity contribution is -0.133. The Labute approximate surface area is 189 Å². The highest BCUT2D eigenvalue weighted by Gasteiger charge is 2.49. The number of urea groups is 1. The Morgan fingerprint density at radius 3 is 2.39 bits per heavy atom. The molecule has 3 N–H and O–H groups in total. The average Bonchev–Trinajstić information content (AvgIpc) is 3.04. The van der Waals surface area contributed by atoms with Crippen LogP contribution in [0.25, 0.3) is 0 Å². The van der Waals surface area contributed by atoms with Crippen LogP contribution in [0.15, 0.2) is 79.1 Å². The number of hydrogen-bond acceptors (Lipinski definition) is 5. The molecule has 9 nitrogen and oxygen atoms in total. The first-order valence-corrected chi connectivity index (χ1v) is 10.2. The van der Waals surface area contributed by atoms with Crippen LogP contribution in [-0.2, 0) is 15.1 Å². The second-order valence-corrected chi connectivity index (χ2v) is 7.63. The Bertz CT molecular complexity index is 1220. The number of rotatable bonds is 6. The third kappa shape index (κ3) is 4.57. The molecule has 0 radical (unpaired) electrons. The van der Waals surface area contributed by atoms with E-state index in [1.54, 1.807) is 73.9 Å². The van der Waals surface area contributed by atoms with Crippen molar-refractivity contribution in [3.8, 4) is 0 Å². The molecule has 0 spiro atoms. The molecule has 0 saturated carbocycles. The van der Waals surface area contributed by atoms with Gasteiger partial charge in [0.15, 0.2) is 0 Å². The van der Waals surface area contributed by atoms with Crippen molar-refractivity contribution in [2.45, 2.75) is 12.5 Å². The Kier molecular flexibility index (Phi) is 5.86. The number of nitrogens with one attached hydrogen (secondary N) is 3. The van der Waals surface area contributed by atoms with Gasteiger partial charge in [0.2, 0.25) is 5.91 Å². The first-order valence-electron chi connectivity index (χ1n) is 10.2. The molecular formula is C24H21N5O4. The predicted molar refractivity (Wildman–Crippen MR) is 121 cm³/mol. The quantitative estimate of drug-likeness (QED) is 0.506. The molecule has 1 aromatic heterocycles. The number of anilines is 2. The fourth-order valence-corrected chi connectivity index (χ4v) is 3.53. The minimum absolute atomic E-state index is 0.330. The normalized spacial score (nSPS) is 17.4. The lowest BCUT2D eigenvalue weighted by atomic mass is 9.92. The molecule has 9 heteroatoms. The van der Waals surface area contributed by atoms with Crippen molar-refractivity contribution in [2.24, 2.45) is 0 Å². The first kappa shape index (κ1) is 21.7. The second kappa shape index (κ2) is 8.91. The van der Waals surface area contributed by atoms with Crippen LogP contribution in [0.4, 0.5) is 16.2 Å². The maximum atomic E-state index is 12.9. The fourth-order valence-electron chi connectivity index (χ4n) is 3.53. The van der Waals surface area contributed by atoms with Crippen molar-refractivity contribution in [1.29, 1.82) is 0 Å². The van der Waals surface area contributed by atoms with Crippen LogP contribution in [0, 0.1) is 0 Å². The third-order valence-electron chi connectivity index (χ3n) is 5.27. The lowest BCUT2D eigenvalue weighted by Gasteiger charge is -2.22. The predicted octanol–water partition coefficient (Wildman–Crippen LogP) is 2.74. The molecular weight excluding hydrogens is 422 g/mol. The van der Waals surface area contributed by atoms with Crippen LogP contribution in [0.5, 0.6) is 0 Å². The van der Waals surface area contributed by atoms with Gasteiger partial charge in [-0.1, -0.05) is 36.4 Å². The maximum Gasteiger partial charge on any atom is 0.325 e. The summed E-state index contributed by atoms with van der Waals surface area (Å²) in [6, 6.07) is 17.9. The Morgan fingerprint density at radius 2 is 1.67 bits per heavy atom. The summed E-state index contributed by atoms with van der Waals surface area (Å²) < 4.78 is 0. The van der Waals surface area contributed by atoms with Crippen molar-refractivity contribution in [3.05, 3.63) is 90.3 Å². The van der Waals surface area contributed by atoms with Crippen molar-refractivity contribution >= 4 is 35.1 Å². The molecule has 2 aromatic carbocycles. The highest BCUT2D eigenvalue weighted by Crippen LogP contribution is 2.28. The van der Waals surface area contributed by atoms with E-state index in [9.17, 15) is 19.2 Å². The van der Waals surface area contributed by atoms with Crippen LogP contribution in [-0.4, -0.2) is 40.2 Å². The number of hydrogen-bond donors (Lipinski definition) is 3. The molecule has 1 atom stereocenters. The lowest BCUT2D eigenvalue weighted by Crippen LogP contribution is -2.42. The Hall–Kier alpha value is -4.53. The van der Waals surface area contributed by atoms with Gasteiger partial charge >= 0.3 is 6.03 Å². The van der Waals surface area contributed by atoms with Gasteiger partial charge in [-0.15, -0.1) is 0 Å². The zero-order chi connectivity index (χ0) is 23.4. The van der Waals surface area contributed by atoms with Crippen LogP contribution >= 0.6 is 0 Å². The number of pyridine rings is 1. The average molecular weight is 443 g/mol. The van der Waals surface area contributed by atoms with E-state index >= 15 is 0 Å². The van der Waals surface area contributed by atoms with Crippen molar-refractivity contribution < 1.29 is 19.2 Å². The molecule has 1 unspecified atom stereocenters.